The molecule has 2 aromatic heterocycles. The normalized spacial score (nSPS) is 20.9. The molecule has 9 nitrogen and oxygen atoms in total. The van der Waals surface area contributed by atoms with Gasteiger partial charge < -0.3 is 28.1 Å². The van der Waals surface area contributed by atoms with Crippen LogP contribution in [-0.2, 0) is 28.4 Å². The molecule has 4 heterocycles. The average Bonchev–Trinajstić information content (AvgIpc) is 3.77. The lowest BCUT2D eigenvalue weighted by Crippen LogP contribution is -2.46. The lowest BCUT2D eigenvalue weighted by atomic mass is 10.1. The van der Waals surface area contributed by atoms with Gasteiger partial charge in [-0.1, -0.05) is 40.9 Å². The van der Waals surface area contributed by atoms with Gasteiger partial charge in [0.25, 0.3) is 0 Å². The largest absolute Gasteiger partial charge is 0.491 e. The molecule has 3 aromatic carbocycles. The van der Waals surface area contributed by atoms with Crippen LogP contribution in [0.4, 0.5) is 5.69 Å². The molecular formula is C32H30Cl3N5O4. The van der Waals surface area contributed by atoms with Crippen LogP contribution in [0.25, 0.3) is 11.1 Å². The van der Waals surface area contributed by atoms with Crippen LogP contribution in [0.15, 0.2) is 83.8 Å². The molecule has 2 aliphatic heterocycles. The van der Waals surface area contributed by atoms with Crippen LogP contribution in [0.3, 0.4) is 0 Å². The van der Waals surface area contributed by atoms with Gasteiger partial charge in [-0.15, -0.1) is 0 Å². The summed E-state index contributed by atoms with van der Waals surface area (Å²) in [5.41, 5.74) is 3.42. The zero-order valence-electron chi connectivity index (χ0n) is 23.7. The van der Waals surface area contributed by atoms with E-state index in [1.165, 1.54) is 0 Å². The van der Waals surface area contributed by atoms with Gasteiger partial charge in [0.2, 0.25) is 11.7 Å². The Morgan fingerprint density at radius 2 is 1.73 bits per heavy atom. The lowest BCUT2D eigenvalue weighted by molar-refractivity contribution is -0.189. The Hall–Kier alpha value is -3.31. The Kier molecular flexibility index (Phi) is 8.41. The molecule has 0 spiro atoms. The molecule has 0 N–H and O–H groups in total. The molecule has 2 aliphatic rings. The summed E-state index contributed by atoms with van der Waals surface area (Å²) in [5, 5.41) is 1.68. The monoisotopic (exact) mass is 653 g/mol. The van der Waals surface area contributed by atoms with Crippen LogP contribution in [0.2, 0.25) is 15.1 Å². The van der Waals surface area contributed by atoms with Crippen molar-refractivity contribution in [2.75, 3.05) is 44.3 Å². The molecule has 0 radical (unpaired) electrons. The second-order valence-corrected chi connectivity index (χ2v) is 12.2. The molecule has 5 aromatic rings. The van der Waals surface area contributed by atoms with Crippen molar-refractivity contribution in [3.05, 3.63) is 106 Å². The van der Waals surface area contributed by atoms with Gasteiger partial charge in [-0.05, 0) is 54.6 Å². The minimum Gasteiger partial charge on any atom is -0.491 e. The third-order valence-corrected chi connectivity index (χ3v) is 8.70. The van der Waals surface area contributed by atoms with Gasteiger partial charge in [0.05, 0.1) is 31.0 Å². The number of anilines is 1. The number of halogens is 3. The summed E-state index contributed by atoms with van der Waals surface area (Å²) in [6.45, 7) is 5.39. The molecule has 7 rings (SSSR count). The van der Waals surface area contributed by atoms with Crippen molar-refractivity contribution in [3.8, 4) is 5.75 Å². The predicted molar refractivity (Wildman–Crippen MR) is 170 cm³/mol. The van der Waals surface area contributed by atoms with Crippen LogP contribution in [0.1, 0.15) is 11.5 Å². The van der Waals surface area contributed by atoms with E-state index in [0.29, 0.717) is 52.8 Å². The second kappa shape index (κ2) is 12.6. The smallest absolute Gasteiger partial charge is 0.215 e. The summed E-state index contributed by atoms with van der Waals surface area (Å²) in [5.74, 6) is 0.393. The number of ether oxygens (including phenoxy) is 3. The van der Waals surface area contributed by atoms with E-state index in [4.69, 9.17) is 53.4 Å². The van der Waals surface area contributed by atoms with Crippen molar-refractivity contribution in [2.45, 2.75) is 25.0 Å². The highest BCUT2D eigenvalue weighted by molar-refractivity contribution is 6.35. The van der Waals surface area contributed by atoms with E-state index in [1.807, 2.05) is 47.2 Å². The quantitative estimate of drug-likeness (QED) is 0.175. The van der Waals surface area contributed by atoms with E-state index in [0.717, 1.165) is 48.7 Å². The van der Waals surface area contributed by atoms with E-state index in [-0.39, 0.29) is 6.10 Å². The minimum absolute atomic E-state index is 0.295. The lowest BCUT2D eigenvalue weighted by Gasteiger charge is -2.35. The highest BCUT2D eigenvalue weighted by Crippen LogP contribution is 2.40. The molecule has 0 amide bonds. The summed E-state index contributed by atoms with van der Waals surface area (Å²) in [7, 11) is 0. The van der Waals surface area contributed by atoms with E-state index < -0.39 is 5.79 Å². The fourth-order valence-electron chi connectivity index (χ4n) is 5.69. The Bertz CT molecular complexity index is 1720. The first-order valence-corrected chi connectivity index (χ1v) is 15.5. The number of nitrogens with zero attached hydrogens (tertiary/aromatic N) is 5. The summed E-state index contributed by atoms with van der Waals surface area (Å²) in [6, 6.07) is 19.0. The standard InChI is InChI=1S/C32H30Cl3N5O4/c33-22-1-7-27(28(35)15-22)32(20-39-10-9-36-21-39)42-19-26(44-32)18-41-25-5-3-24(4-6-25)40-13-11-38(12-14-40)17-31-37-29-16-23(34)2-8-30(29)43-31/h1-10,15-16,21,26H,11-14,17-20H2/t26-,32-/m1/s1. The van der Waals surface area contributed by atoms with Gasteiger partial charge in [0.1, 0.15) is 24.0 Å². The summed E-state index contributed by atoms with van der Waals surface area (Å²) in [6.07, 6.45) is 5.00. The molecular weight excluding hydrogens is 625 g/mol. The van der Waals surface area contributed by atoms with Gasteiger partial charge in [0.15, 0.2) is 5.58 Å². The fourth-order valence-corrected chi connectivity index (χ4v) is 6.41. The molecule has 2 atom stereocenters. The molecule has 12 heteroatoms. The van der Waals surface area contributed by atoms with E-state index in [9.17, 15) is 0 Å². The van der Waals surface area contributed by atoms with Crippen LogP contribution in [0, 0.1) is 0 Å². The summed E-state index contributed by atoms with van der Waals surface area (Å²) >= 11 is 18.8. The van der Waals surface area contributed by atoms with Gasteiger partial charge >= 0.3 is 0 Å². The number of hydrogen-bond donors (Lipinski definition) is 0. The zero-order valence-corrected chi connectivity index (χ0v) is 26.0. The molecule has 2 fully saturated rings. The fraction of sp³-hybridized carbons (Fsp3) is 0.312. The molecule has 228 valence electrons. The third kappa shape index (κ3) is 6.40. The minimum atomic E-state index is -1.09. The van der Waals surface area contributed by atoms with Gasteiger partial charge in [-0.3, -0.25) is 4.90 Å². The topological polar surface area (TPSA) is 78.0 Å². The van der Waals surface area contributed by atoms with Crippen molar-refractivity contribution < 1.29 is 18.6 Å². The van der Waals surface area contributed by atoms with Crippen molar-refractivity contribution in [1.82, 2.24) is 19.4 Å². The third-order valence-electron chi connectivity index (χ3n) is 7.91. The number of piperazine rings is 1. The Labute approximate surface area is 269 Å². The molecule has 0 unspecified atom stereocenters. The summed E-state index contributed by atoms with van der Waals surface area (Å²) in [4.78, 5) is 13.5. The summed E-state index contributed by atoms with van der Waals surface area (Å²) < 4.78 is 26.7. The zero-order chi connectivity index (χ0) is 30.1. The van der Waals surface area contributed by atoms with Crippen molar-refractivity contribution >= 4 is 51.6 Å². The first kappa shape index (κ1) is 29.4. The van der Waals surface area contributed by atoms with Gasteiger partial charge in [-0.25, -0.2) is 9.97 Å². The van der Waals surface area contributed by atoms with Gasteiger partial charge in [-0.2, -0.15) is 0 Å². The molecule has 2 saturated heterocycles. The van der Waals surface area contributed by atoms with Crippen molar-refractivity contribution in [1.29, 1.82) is 0 Å². The average molecular weight is 655 g/mol. The maximum absolute atomic E-state index is 6.58. The van der Waals surface area contributed by atoms with Crippen LogP contribution >= 0.6 is 34.8 Å². The second-order valence-electron chi connectivity index (χ2n) is 11.0. The molecule has 44 heavy (non-hydrogen) atoms. The highest BCUT2D eigenvalue weighted by atomic mass is 35.5. The molecule has 0 aliphatic carbocycles. The first-order valence-electron chi connectivity index (χ1n) is 14.4. The van der Waals surface area contributed by atoms with Crippen molar-refractivity contribution in [3.63, 3.8) is 0 Å². The number of benzene rings is 3. The number of oxazole rings is 1. The van der Waals surface area contributed by atoms with E-state index >= 15 is 0 Å². The Morgan fingerprint density at radius 1 is 0.932 bits per heavy atom. The predicted octanol–water partition coefficient (Wildman–Crippen LogP) is 6.65. The van der Waals surface area contributed by atoms with Crippen LogP contribution in [0.5, 0.6) is 5.75 Å². The number of hydrogen-bond acceptors (Lipinski definition) is 8. The maximum atomic E-state index is 6.58. The number of imidazole rings is 1. The SMILES string of the molecule is Clc1ccc([C@]2(Cn3ccnc3)OC[C@@H](COc3ccc(N4CCN(Cc5nc6cc(Cl)ccc6o5)CC4)cc3)O2)c(Cl)c1. The van der Waals surface area contributed by atoms with Crippen LogP contribution in [-0.4, -0.2) is 64.9 Å². The number of rotatable bonds is 9. The van der Waals surface area contributed by atoms with Crippen LogP contribution < -0.4 is 9.64 Å². The first-order chi connectivity index (χ1) is 21.4. The molecule has 0 saturated carbocycles. The Morgan fingerprint density at radius 3 is 2.50 bits per heavy atom. The highest BCUT2D eigenvalue weighted by Gasteiger charge is 2.45. The maximum Gasteiger partial charge on any atom is 0.215 e. The molecule has 0 bridgehead atoms. The number of fused-ring (bicyclic) bond motifs is 1. The van der Waals surface area contributed by atoms with Crippen molar-refractivity contribution in [2.24, 2.45) is 0 Å². The van der Waals surface area contributed by atoms with Gasteiger partial charge in [0, 0.05) is 59.9 Å². The Balaban J connectivity index is 0.930. The van der Waals surface area contributed by atoms with E-state index in [2.05, 4.69) is 31.9 Å². The number of aromatic nitrogens is 3. The van der Waals surface area contributed by atoms with E-state index in [1.54, 1.807) is 24.7 Å².